The van der Waals surface area contributed by atoms with E-state index in [4.69, 9.17) is 4.74 Å². The fraction of sp³-hybridized carbons (Fsp3) is 0.571. The first kappa shape index (κ1) is 20.3. The minimum Gasteiger partial charge on any atom is -0.493 e. The average molecular weight is 331 g/mol. The summed E-state index contributed by atoms with van der Waals surface area (Å²) in [7, 11) is 0. The molecule has 0 spiro atoms. The van der Waals surface area contributed by atoms with Gasteiger partial charge in [-0.15, -0.1) is 0 Å². The zero-order chi connectivity index (χ0) is 17.8. The Hall–Kier alpha value is -1.77. The molecule has 0 unspecified atom stereocenters. The highest BCUT2D eigenvalue weighted by Gasteiger charge is 2.12. The van der Waals surface area contributed by atoms with Crippen LogP contribution < -0.4 is 4.74 Å². The summed E-state index contributed by atoms with van der Waals surface area (Å²) in [5, 5.41) is 4.17. The Balaban J connectivity index is 0.000000221. The number of hydrogen-bond donors (Lipinski definition) is 0. The fourth-order valence-electron chi connectivity index (χ4n) is 2.73. The number of ether oxygens (including phenoxy) is 1. The molecule has 0 aliphatic carbocycles. The van der Waals surface area contributed by atoms with Crippen molar-refractivity contribution < 1.29 is 4.74 Å². The largest absolute Gasteiger partial charge is 0.493 e. The molecule has 0 saturated heterocycles. The molecule has 3 rings (SSSR count). The number of fused-ring (bicyclic) bond motifs is 1. The predicted molar refractivity (Wildman–Crippen MR) is 103 cm³/mol. The number of rotatable bonds is 4. The van der Waals surface area contributed by atoms with Gasteiger partial charge in [-0.05, 0) is 49.3 Å². The van der Waals surface area contributed by atoms with E-state index in [-0.39, 0.29) is 0 Å². The molecule has 0 saturated carbocycles. The maximum absolute atomic E-state index is 5.65. The number of benzene rings is 1. The number of aryl methyl sites for hydroxylation is 4. The summed E-state index contributed by atoms with van der Waals surface area (Å²) in [6.07, 6.45) is 9.85. The third-order valence-corrected chi connectivity index (χ3v) is 3.95. The molecule has 0 radical (unpaired) electrons. The highest BCUT2D eigenvalue weighted by atomic mass is 16.5. The van der Waals surface area contributed by atoms with E-state index in [2.05, 4.69) is 50.3 Å². The second-order valence-corrected chi connectivity index (χ2v) is 5.67. The summed E-state index contributed by atoms with van der Waals surface area (Å²) < 4.78 is 7.61. The van der Waals surface area contributed by atoms with Gasteiger partial charge in [0.05, 0.1) is 12.8 Å². The summed E-state index contributed by atoms with van der Waals surface area (Å²) >= 11 is 0. The van der Waals surface area contributed by atoms with E-state index in [9.17, 15) is 0 Å². The second kappa shape index (κ2) is 11.7. The van der Waals surface area contributed by atoms with Crippen LogP contribution in [0.15, 0.2) is 30.6 Å². The van der Waals surface area contributed by atoms with Gasteiger partial charge in [-0.3, -0.25) is 4.68 Å². The fourth-order valence-corrected chi connectivity index (χ4v) is 2.73. The molecule has 2 aromatic rings. The summed E-state index contributed by atoms with van der Waals surface area (Å²) in [5.41, 5.74) is 4.09. The molecule has 3 nitrogen and oxygen atoms in total. The zero-order valence-electron chi connectivity index (χ0n) is 16.1. The van der Waals surface area contributed by atoms with E-state index in [1.54, 1.807) is 0 Å². The molecular formula is C21H34N2O. The quantitative estimate of drug-likeness (QED) is 0.744. The first-order chi connectivity index (χ1) is 11.8. The molecule has 24 heavy (non-hydrogen) atoms. The zero-order valence-corrected chi connectivity index (χ0v) is 16.1. The normalized spacial score (nSPS) is 12.0. The smallest absolute Gasteiger partial charge is 0.125 e. The topological polar surface area (TPSA) is 27.1 Å². The minimum atomic E-state index is 0.893. The van der Waals surface area contributed by atoms with E-state index in [1.807, 2.05) is 24.7 Å². The van der Waals surface area contributed by atoms with E-state index >= 15 is 0 Å². The van der Waals surface area contributed by atoms with Crippen LogP contribution in [0.25, 0.3) is 0 Å². The van der Waals surface area contributed by atoms with Crippen LogP contribution in [0.2, 0.25) is 0 Å². The molecule has 134 valence electrons. The Morgan fingerprint density at radius 1 is 1.17 bits per heavy atom. The van der Waals surface area contributed by atoms with Gasteiger partial charge in [-0.25, -0.2) is 0 Å². The second-order valence-electron chi connectivity index (χ2n) is 5.67. The summed E-state index contributed by atoms with van der Waals surface area (Å²) in [6, 6.07) is 6.46. The predicted octanol–water partition coefficient (Wildman–Crippen LogP) is 5.46. The number of para-hydroxylation sites is 1. The Bertz CT molecular complexity index is 561. The van der Waals surface area contributed by atoms with Gasteiger partial charge in [0.2, 0.25) is 0 Å². The molecule has 0 N–H and O–H groups in total. The third-order valence-electron chi connectivity index (χ3n) is 3.95. The Labute approximate surface area is 148 Å². The van der Waals surface area contributed by atoms with Crippen molar-refractivity contribution in [3.8, 4) is 5.75 Å². The van der Waals surface area contributed by atoms with Crippen LogP contribution in [0, 0.1) is 0 Å². The van der Waals surface area contributed by atoms with Crippen LogP contribution in [0.5, 0.6) is 5.75 Å². The molecule has 3 heteroatoms. The highest BCUT2D eigenvalue weighted by molar-refractivity contribution is 5.42. The average Bonchev–Trinajstić information content (AvgIpc) is 3.11. The number of hydrogen-bond acceptors (Lipinski definition) is 2. The van der Waals surface area contributed by atoms with Gasteiger partial charge in [0.15, 0.2) is 0 Å². The van der Waals surface area contributed by atoms with Crippen molar-refractivity contribution in [1.29, 1.82) is 0 Å². The molecule has 0 atom stereocenters. The molecule has 1 aromatic carbocycles. The van der Waals surface area contributed by atoms with Gasteiger partial charge in [0, 0.05) is 12.7 Å². The molecular weight excluding hydrogens is 296 g/mol. The van der Waals surface area contributed by atoms with Crippen molar-refractivity contribution in [3.63, 3.8) is 0 Å². The maximum Gasteiger partial charge on any atom is 0.125 e. The lowest BCUT2D eigenvalue weighted by atomic mass is 10.0. The Morgan fingerprint density at radius 3 is 2.58 bits per heavy atom. The van der Waals surface area contributed by atoms with E-state index in [0.29, 0.717) is 0 Å². The Morgan fingerprint density at radius 2 is 1.96 bits per heavy atom. The van der Waals surface area contributed by atoms with Crippen LogP contribution in [0.3, 0.4) is 0 Å². The molecule has 0 bridgehead atoms. The van der Waals surface area contributed by atoms with Crippen LogP contribution in [0.4, 0.5) is 0 Å². The van der Waals surface area contributed by atoms with Gasteiger partial charge in [-0.1, -0.05) is 52.3 Å². The van der Waals surface area contributed by atoms with Gasteiger partial charge >= 0.3 is 0 Å². The minimum absolute atomic E-state index is 0.893. The standard InChI is InChI=1S/C11H14O.C8H14N2.C2H6/c1-2-9-5-3-6-10-7-4-8-12-11(9)10;1-3-5-8-6-9-10(4-2)7-8;1-2/h3,5-6H,2,4,7-8H2,1H3;6-7H,3-5H2,1-2H3;1-2H3. The van der Waals surface area contributed by atoms with Crippen LogP contribution in [0.1, 0.15) is 64.2 Å². The molecule has 1 aliphatic rings. The lowest BCUT2D eigenvalue weighted by Gasteiger charge is -2.19. The first-order valence-corrected chi connectivity index (χ1v) is 9.53. The highest BCUT2D eigenvalue weighted by Crippen LogP contribution is 2.28. The monoisotopic (exact) mass is 330 g/mol. The van der Waals surface area contributed by atoms with E-state index < -0.39 is 0 Å². The molecule has 0 amide bonds. The van der Waals surface area contributed by atoms with Crippen molar-refractivity contribution >= 4 is 0 Å². The molecule has 2 heterocycles. The lowest BCUT2D eigenvalue weighted by Crippen LogP contribution is -2.09. The van der Waals surface area contributed by atoms with Crippen molar-refractivity contribution in [2.24, 2.45) is 0 Å². The SMILES string of the molecule is CC.CCCc1cnn(CC)c1.CCc1cccc2c1OCCC2. The molecule has 1 aliphatic heterocycles. The first-order valence-electron chi connectivity index (χ1n) is 9.53. The third kappa shape index (κ3) is 6.03. The van der Waals surface area contributed by atoms with Crippen LogP contribution in [-0.2, 0) is 25.8 Å². The van der Waals surface area contributed by atoms with Crippen molar-refractivity contribution in [2.75, 3.05) is 6.61 Å². The van der Waals surface area contributed by atoms with Crippen LogP contribution in [-0.4, -0.2) is 16.4 Å². The molecule has 1 aromatic heterocycles. The summed E-state index contributed by atoms with van der Waals surface area (Å²) in [4.78, 5) is 0. The van der Waals surface area contributed by atoms with Gasteiger partial charge in [0.25, 0.3) is 0 Å². The van der Waals surface area contributed by atoms with Gasteiger partial charge in [0.1, 0.15) is 5.75 Å². The van der Waals surface area contributed by atoms with Crippen molar-refractivity contribution in [1.82, 2.24) is 9.78 Å². The lowest BCUT2D eigenvalue weighted by molar-refractivity contribution is 0.285. The van der Waals surface area contributed by atoms with Gasteiger partial charge in [-0.2, -0.15) is 5.10 Å². The Kier molecular flexibility index (Phi) is 9.90. The van der Waals surface area contributed by atoms with E-state index in [0.717, 1.165) is 31.7 Å². The van der Waals surface area contributed by atoms with Crippen molar-refractivity contribution in [2.45, 2.75) is 73.3 Å². The summed E-state index contributed by atoms with van der Waals surface area (Å²) in [6.45, 7) is 12.3. The van der Waals surface area contributed by atoms with Crippen LogP contribution >= 0.6 is 0 Å². The van der Waals surface area contributed by atoms with Gasteiger partial charge < -0.3 is 4.74 Å². The van der Waals surface area contributed by atoms with E-state index in [1.165, 1.54) is 36.0 Å². The maximum atomic E-state index is 5.65. The number of aromatic nitrogens is 2. The molecule has 0 fully saturated rings. The van der Waals surface area contributed by atoms with Crippen molar-refractivity contribution in [3.05, 3.63) is 47.3 Å². The number of nitrogens with zero attached hydrogens (tertiary/aromatic N) is 2. The summed E-state index contributed by atoms with van der Waals surface area (Å²) in [5.74, 6) is 1.16.